The Hall–Kier alpha value is -1.01. The van der Waals surface area contributed by atoms with Crippen LogP contribution in [0, 0.1) is 0 Å². The van der Waals surface area contributed by atoms with E-state index in [0.29, 0.717) is 16.0 Å². The number of carbonyl (C=O) groups is 1. The molecule has 94 valence electrons. The summed E-state index contributed by atoms with van der Waals surface area (Å²) in [4.78, 5) is 11.2. The average molecular weight is 319 g/mol. The van der Waals surface area contributed by atoms with Crippen molar-refractivity contribution < 1.29 is 19.1 Å². The Morgan fingerprint density at radius 1 is 1.35 bits per heavy atom. The topological polar surface area (TPSA) is 55.8 Å². The fraction of sp³-hybridized carbons (Fsp3) is 0.364. The van der Waals surface area contributed by atoms with Crippen LogP contribution in [0.1, 0.15) is 10.4 Å². The second-order valence-electron chi connectivity index (χ2n) is 4.50. The standard InChI is InChI=1S/C11H15BrO4Si/c1-15-9-6-7(12)5-8(11(13)14)10(9)16-17(2,3)4/h5-6H,1-4H3,(H,13,14). The maximum Gasteiger partial charge on any atom is 0.339 e. The number of carboxylic acids is 1. The van der Waals surface area contributed by atoms with Crippen LogP contribution in [-0.2, 0) is 0 Å². The number of ether oxygens (including phenoxy) is 1. The minimum Gasteiger partial charge on any atom is -0.541 e. The van der Waals surface area contributed by atoms with Crippen molar-refractivity contribution in [1.82, 2.24) is 0 Å². The molecule has 0 heterocycles. The summed E-state index contributed by atoms with van der Waals surface area (Å²) in [5.41, 5.74) is 0.110. The van der Waals surface area contributed by atoms with Crippen LogP contribution in [0.2, 0.25) is 19.6 Å². The second-order valence-corrected chi connectivity index (χ2v) is 9.85. The lowest BCUT2D eigenvalue weighted by Gasteiger charge is -2.22. The first kappa shape index (κ1) is 14.0. The molecule has 0 radical (unpaired) electrons. The van der Waals surface area contributed by atoms with Crippen LogP contribution in [0.4, 0.5) is 0 Å². The zero-order valence-corrected chi connectivity index (χ0v) is 12.8. The largest absolute Gasteiger partial charge is 0.541 e. The molecule has 0 fully saturated rings. The van der Waals surface area contributed by atoms with Crippen LogP contribution in [-0.4, -0.2) is 26.5 Å². The lowest BCUT2D eigenvalue weighted by molar-refractivity contribution is 0.0694. The zero-order chi connectivity index (χ0) is 13.2. The highest BCUT2D eigenvalue weighted by Crippen LogP contribution is 2.36. The quantitative estimate of drug-likeness (QED) is 0.865. The molecule has 0 aromatic heterocycles. The molecule has 1 N–H and O–H groups in total. The van der Waals surface area contributed by atoms with Gasteiger partial charge in [0.1, 0.15) is 5.56 Å². The maximum atomic E-state index is 11.2. The zero-order valence-electron chi connectivity index (χ0n) is 10.2. The Morgan fingerprint density at radius 2 is 1.94 bits per heavy atom. The van der Waals surface area contributed by atoms with Gasteiger partial charge in [0.25, 0.3) is 0 Å². The van der Waals surface area contributed by atoms with Gasteiger partial charge in [0.15, 0.2) is 11.5 Å². The van der Waals surface area contributed by atoms with E-state index in [1.165, 1.54) is 13.2 Å². The van der Waals surface area contributed by atoms with Gasteiger partial charge in [-0.25, -0.2) is 4.79 Å². The molecule has 1 rings (SSSR count). The maximum absolute atomic E-state index is 11.2. The van der Waals surface area contributed by atoms with Crippen molar-refractivity contribution in [1.29, 1.82) is 0 Å². The lowest BCUT2D eigenvalue weighted by Crippen LogP contribution is -2.30. The summed E-state index contributed by atoms with van der Waals surface area (Å²) in [5, 5.41) is 9.17. The summed E-state index contributed by atoms with van der Waals surface area (Å²) < 4.78 is 11.6. The fourth-order valence-corrected chi connectivity index (χ4v) is 2.55. The first-order valence-corrected chi connectivity index (χ1v) is 9.24. The van der Waals surface area contributed by atoms with Crippen LogP contribution in [0.15, 0.2) is 16.6 Å². The van der Waals surface area contributed by atoms with Gasteiger partial charge in [-0.3, -0.25) is 0 Å². The fourth-order valence-electron chi connectivity index (χ4n) is 1.29. The van der Waals surface area contributed by atoms with Crippen LogP contribution >= 0.6 is 15.9 Å². The van der Waals surface area contributed by atoms with Gasteiger partial charge in [-0.1, -0.05) is 15.9 Å². The van der Waals surface area contributed by atoms with Gasteiger partial charge in [0.05, 0.1) is 7.11 Å². The van der Waals surface area contributed by atoms with Crippen LogP contribution in [0.25, 0.3) is 0 Å². The Kier molecular flexibility index (Phi) is 4.21. The molecule has 0 saturated carbocycles. The second kappa shape index (κ2) is 5.10. The van der Waals surface area contributed by atoms with Crippen molar-refractivity contribution in [2.24, 2.45) is 0 Å². The number of aromatic carboxylic acids is 1. The highest BCUT2D eigenvalue weighted by molar-refractivity contribution is 9.10. The third-order valence-corrected chi connectivity index (χ3v) is 3.15. The third-order valence-electron chi connectivity index (χ3n) is 1.88. The van der Waals surface area contributed by atoms with E-state index in [1.54, 1.807) is 6.07 Å². The number of halogens is 1. The van der Waals surface area contributed by atoms with E-state index in [2.05, 4.69) is 15.9 Å². The molecule has 1 aromatic carbocycles. The van der Waals surface area contributed by atoms with Gasteiger partial charge in [-0.05, 0) is 31.8 Å². The molecule has 0 aliphatic heterocycles. The molecule has 6 heteroatoms. The summed E-state index contributed by atoms with van der Waals surface area (Å²) in [6, 6.07) is 3.21. The molecule has 0 amide bonds. The molecule has 0 aliphatic carbocycles. The Bertz CT molecular complexity index is 440. The normalized spacial score (nSPS) is 11.1. The number of hydrogen-bond acceptors (Lipinski definition) is 3. The molecule has 4 nitrogen and oxygen atoms in total. The molecule has 17 heavy (non-hydrogen) atoms. The Morgan fingerprint density at radius 3 is 2.35 bits per heavy atom. The van der Waals surface area contributed by atoms with Crippen LogP contribution in [0.3, 0.4) is 0 Å². The summed E-state index contributed by atoms with van der Waals surface area (Å²) in [7, 11) is -0.408. The van der Waals surface area contributed by atoms with E-state index in [4.69, 9.17) is 14.3 Å². The van der Waals surface area contributed by atoms with E-state index >= 15 is 0 Å². The Labute approximate surface area is 110 Å². The molecule has 0 aliphatic rings. The highest BCUT2D eigenvalue weighted by Gasteiger charge is 2.24. The number of carboxylic acid groups (broad SMARTS) is 1. The first-order valence-electron chi connectivity index (χ1n) is 5.04. The first-order chi connectivity index (χ1) is 7.74. The third kappa shape index (κ3) is 3.74. The van der Waals surface area contributed by atoms with E-state index in [9.17, 15) is 4.79 Å². The van der Waals surface area contributed by atoms with Gasteiger partial charge >= 0.3 is 5.97 Å². The van der Waals surface area contributed by atoms with Gasteiger partial charge in [-0.2, -0.15) is 0 Å². The minimum atomic E-state index is -1.90. The Balaban J connectivity index is 3.37. The lowest BCUT2D eigenvalue weighted by atomic mass is 10.2. The van der Waals surface area contributed by atoms with Gasteiger partial charge in [0, 0.05) is 4.47 Å². The number of benzene rings is 1. The SMILES string of the molecule is COc1cc(Br)cc(C(=O)O)c1O[Si](C)(C)C. The smallest absolute Gasteiger partial charge is 0.339 e. The molecule has 0 unspecified atom stereocenters. The molecule has 1 aromatic rings. The molecular formula is C11H15BrO4Si. The van der Waals surface area contributed by atoms with Crippen molar-refractivity contribution in [2.75, 3.05) is 7.11 Å². The predicted molar refractivity (Wildman–Crippen MR) is 71.6 cm³/mol. The summed E-state index contributed by atoms with van der Waals surface area (Å²) in [5.74, 6) is -0.292. The van der Waals surface area contributed by atoms with E-state index in [-0.39, 0.29) is 5.56 Å². The van der Waals surface area contributed by atoms with Crippen molar-refractivity contribution in [3.05, 3.63) is 22.2 Å². The number of hydrogen-bond donors (Lipinski definition) is 1. The minimum absolute atomic E-state index is 0.110. The van der Waals surface area contributed by atoms with Gasteiger partial charge in [0.2, 0.25) is 8.32 Å². The predicted octanol–water partition coefficient (Wildman–Crippen LogP) is 3.37. The van der Waals surface area contributed by atoms with Crippen molar-refractivity contribution in [3.8, 4) is 11.5 Å². The summed E-state index contributed by atoms with van der Waals surface area (Å²) >= 11 is 3.25. The highest BCUT2D eigenvalue weighted by atomic mass is 79.9. The molecule has 0 spiro atoms. The van der Waals surface area contributed by atoms with E-state index in [0.717, 1.165) is 0 Å². The average Bonchev–Trinajstić information content (AvgIpc) is 2.17. The molecule has 0 atom stereocenters. The van der Waals surface area contributed by atoms with Crippen LogP contribution in [0.5, 0.6) is 11.5 Å². The van der Waals surface area contributed by atoms with Gasteiger partial charge < -0.3 is 14.3 Å². The van der Waals surface area contributed by atoms with Crippen LogP contribution < -0.4 is 9.16 Å². The van der Waals surface area contributed by atoms with E-state index < -0.39 is 14.3 Å². The molecule has 0 saturated heterocycles. The summed E-state index contributed by atoms with van der Waals surface area (Å²) in [6.45, 7) is 5.96. The summed E-state index contributed by atoms with van der Waals surface area (Å²) in [6.07, 6.45) is 0. The van der Waals surface area contributed by atoms with E-state index in [1.807, 2.05) is 19.6 Å². The molecular weight excluding hydrogens is 304 g/mol. The van der Waals surface area contributed by atoms with Crippen molar-refractivity contribution in [2.45, 2.75) is 19.6 Å². The number of methoxy groups -OCH3 is 1. The van der Waals surface area contributed by atoms with Crippen molar-refractivity contribution >= 4 is 30.2 Å². The number of rotatable bonds is 4. The monoisotopic (exact) mass is 318 g/mol. The van der Waals surface area contributed by atoms with Gasteiger partial charge in [-0.15, -0.1) is 0 Å². The van der Waals surface area contributed by atoms with Crippen molar-refractivity contribution in [3.63, 3.8) is 0 Å². The molecule has 0 bridgehead atoms.